The van der Waals surface area contributed by atoms with Crippen molar-refractivity contribution in [2.75, 3.05) is 7.05 Å². The Morgan fingerprint density at radius 2 is 1.64 bits per heavy atom. The van der Waals surface area contributed by atoms with Crippen LogP contribution in [0.15, 0.2) is 30.3 Å². The Kier molecular flexibility index (Phi) is 2.24. The maximum atomic E-state index is 3.44. The van der Waals surface area contributed by atoms with E-state index in [0.717, 1.165) is 0 Å². The smallest absolute Gasteiger partial charge is 0.0204 e. The highest BCUT2D eigenvalue weighted by Gasteiger charge is 2.67. The van der Waals surface area contributed by atoms with E-state index in [0.29, 0.717) is 11.0 Å². The zero-order valence-electron chi connectivity index (χ0n) is 8.42. The Morgan fingerprint density at radius 1 is 1.07 bits per heavy atom. The van der Waals surface area contributed by atoms with E-state index in [1.54, 1.807) is 5.56 Å². The first kappa shape index (κ1) is 10.2. The van der Waals surface area contributed by atoms with Crippen LogP contribution in [0.2, 0.25) is 0 Å². The van der Waals surface area contributed by atoms with Crippen molar-refractivity contribution >= 4 is 17.0 Å². The molecule has 3 fully saturated rings. The number of hydrogen-bond donors (Lipinski definition) is 1. The maximum absolute atomic E-state index is 3.44. The van der Waals surface area contributed by atoms with Crippen molar-refractivity contribution in [3.05, 3.63) is 35.9 Å². The van der Waals surface area contributed by atoms with Gasteiger partial charge < -0.3 is 5.32 Å². The Bertz CT molecular complexity index is 314. The van der Waals surface area contributed by atoms with Gasteiger partial charge in [-0.2, -0.15) is 0 Å². The quantitative estimate of drug-likeness (QED) is 0.855. The van der Waals surface area contributed by atoms with E-state index in [1.165, 1.54) is 19.3 Å². The van der Waals surface area contributed by atoms with Crippen LogP contribution in [0.3, 0.4) is 0 Å². The van der Waals surface area contributed by atoms with E-state index in [1.807, 2.05) is 0 Å². The number of nitrogens with one attached hydrogen (secondary N) is 1. The van der Waals surface area contributed by atoms with Crippen LogP contribution in [0, 0.1) is 0 Å². The van der Waals surface area contributed by atoms with Gasteiger partial charge in [-0.25, -0.2) is 0 Å². The molecule has 0 heterocycles. The van der Waals surface area contributed by atoms with Crippen molar-refractivity contribution in [2.24, 2.45) is 0 Å². The molecule has 4 rings (SSSR count). The molecule has 0 atom stereocenters. The lowest BCUT2D eigenvalue weighted by Gasteiger charge is -2.71. The van der Waals surface area contributed by atoms with E-state index in [-0.39, 0.29) is 17.0 Å². The number of halogens is 1. The lowest BCUT2D eigenvalue weighted by Crippen LogP contribution is -2.75. The molecule has 1 aromatic rings. The van der Waals surface area contributed by atoms with Gasteiger partial charge in [0.1, 0.15) is 0 Å². The minimum atomic E-state index is 0. The van der Waals surface area contributed by atoms with Crippen molar-refractivity contribution < 1.29 is 0 Å². The summed E-state index contributed by atoms with van der Waals surface area (Å²) in [6.45, 7) is 0. The molecule has 0 aromatic heterocycles. The zero-order valence-corrected chi connectivity index (χ0v) is 10.1. The summed E-state index contributed by atoms with van der Waals surface area (Å²) < 4.78 is 0. The van der Waals surface area contributed by atoms with E-state index >= 15 is 0 Å². The molecule has 0 aliphatic heterocycles. The highest BCUT2D eigenvalue weighted by Crippen LogP contribution is 2.67. The maximum Gasteiger partial charge on any atom is 0.0204 e. The van der Waals surface area contributed by atoms with Crippen LogP contribution in [-0.2, 0) is 5.41 Å². The molecule has 3 aliphatic carbocycles. The third-order valence-electron chi connectivity index (χ3n) is 3.95. The van der Waals surface area contributed by atoms with Crippen LogP contribution in [-0.4, -0.2) is 12.6 Å². The van der Waals surface area contributed by atoms with Crippen LogP contribution in [0.5, 0.6) is 0 Å². The number of rotatable bonds is 2. The van der Waals surface area contributed by atoms with Crippen LogP contribution >= 0.6 is 17.0 Å². The van der Waals surface area contributed by atoms with Gasteiger partial charge in [0.25, 0.3) is 0 Å². The van der Waals surface area contributed by atoms with Gasteiger partial charge in [-0.3, -0.25) is 0 Å². The van der Waals surface area contributed by atoms with Gasteiger partial charge in [0.2, 0.25) is 0 Å². The molecule has 3 aliphatic rings. The molecule has 0 amide bonds. The Labute approximate surface area is 95.7 Å². The number of benzene rings is 1. The van der Waals surface area contributed by atoms with Gasteiger partial charge in [0.15, 0.2) is 0 Å². The zero-order chi connectivity index (χ0) is 8.94. The summed E-state index contributed by atoms with van der Waals surface area (Å²) in [5.41, 5.74) is 2.63. The molecule has 1 aromatic carbocycles. The van der Waals surface area contributed by atoms with Crippen molar-refractivity contribution in [1.29, 1.82) is 0 Å². The molecule has 3 saturated carbocycles. The molecule has 0 spiro atoms. The first-order valence-corrected chi connectivity index (χ1v) is 5.03. The molecule has 0 saturated heterocycles. The summed E-state index contributed by atoms with van der Waals surface area (Å²) in [5.74, 6) is 0. The molecule has 1 nitrogen and oxygen atoms in total. The van der Waals surface area contributed by atoms with E-state index < -0.39 is 0 Å². The van der Waals surface area contributed by atoms with Crippen molar-refractivity contribution in [1.82, 2.24) is 5.32 Å². The minimum Gasteiger partial charge on any atom is -0.314 e. The summed E-state index contributed by atoms with van der Waals surface area (Å²) in [6, 6.07) is 11.0. The fraction of sp³-hybridized carbons (Fsp3) is 0.500. The van der Waals surface area contributed by atoms with Crippen molar-refractivity contribution in [2.45, 2.75) is 30.2 Å². The second kappa shape index (κ2) is 3.07. The molecule has 0 unspecified atom stereocenters. The monoisotopic (exact) mass is 253 g/mol. The van der Waals surface area contributed by atoms with Crippen LogP contribution in [0.1, 0.15) is 24.8 Å². The molecule has 0 radical (unpaired) electrons. The van der Waals surface area contributed by atoms with Crippen molar-refractivity contribution in [3.63, 3.8) is 0 Å². The summed E-state index contributed by atoms with van der Waals surface area (Å²) in [4.78, 5) is 0. The normalized spacial score (nSPS) is 37.8. The Balaban J connectivity index is 0.000000750. The summed E-state index contributed by atoms with van der Waals surface area (Å²) >= 11 is 0. The number of hydrogen-bond acceptors (Lipinski definition) is 1. The lowest BCUT2D eigenvalue weighted by molar-refractivity contribution is -0.0831. The van der Waals surface area contributed by atoms with Crippen molar-refractivity contribution in [3.8, 4) is 0 Å². The molecular formula is C12H16BrN. The minimum absolute atomic E-state index is 0. The summed E-state index contributed by atoms with van der Waals surface area (Å²) in [6.07, 6.45) is 4.04. The average Bonchev–Trinajstić information content (AvgIpc) is 2.02. The third-order valence-corrected chi connectivity index (χ3v) is 3.95. The summed E-state index contributed by atoms with van der Waals surface area (Å²) in [7, 11) is 2.09. The molecular weight excluding hydrogens is 238 g/mol. The predicted molar refractivity (Wildman–Crippen MR) is 64.1 cm³/mol. The standard InChI is InChI=1S/C12H15N.BrH/c1-13-12-7-11(8-12,9-12)10-5-3-2-4-6-10;/h2-6,13H,7-9H2,1H3;1H. The molecule has 1 N–H and O–H groups in total. The highest BCUT2D eigenvalue weighted by molar-refractivity contribution is 8.93. The fourth-order valence-corrected chi connectivity index (χ4v) is 3.15. The van der Waals surface area contributed by atoms with Gasteiger partial charge in [-0.1, -0.05) is 30.3 Å². The first-order chi connectivity index (χ1) is 6.29. The molecule has 2 heteroatoms. The molecule has 14 heavy (non-hydrogen) atoms. The molecule has 2 bridgehead atoms. The Hall–Kier alpha value is -0.340. The van der Waals surface area contributed by atoms with Crippen LogP contribution in [0.25, 0.3) is 0 Å². The topological polar surface area (TPSA) is 12.0 Å². The second-order valence-electron chi connectivity index (χ2n) is 4.71. The third kappa shape index (κ3) is 1.10. The van der Waals surface area contributed by atoms with Crippen LogP contribution < -0.4 is 5.32 Å². The highest BCUT2D eigenvalue weighted by atomic mass is 79.9. The second-order valence-corrected chi connectivity index (χ2v) is 4.71. The van der Waals surface area contributed by atoms with E-state index in [9.17, 15) is 0 Å². The van der Waals surface area contributed by atoms with E-state index in [2.05, 4.69) is 42.7 Å². The molecule has 76 valence electrons. The van der Waals surface area contributed by atoms with Gasteiger partial charge in [-0.05, 0) is 31.9 Å². The van der Waals surface area contributed by atoms with E-state index in [4.69, 9.17) is 0 Å². The predicted octanol–water partition coefficient (Wildman–Crippen LogP) is 2.66. The Morgan fingerprint density at radius 3 is 2.14 bits per heavy atom. The van der Waals surface area contributed by atoms with Gasteiger partial charge in [-0.15, -0.1) is 17.0 Å². The SMILES string of the molecule is Br.CNC12CC(c3ccccc3)(C1)C2. The van der Waals surface area contributed by atoms with Gasteiger partial charge in [0.05, 0.1) is 0 Å². The summed E-state index contributed by atoms with van der Waals surface area (Å²) in [5, 5.41) is 3.44. The largest absolute Gasteiger partial charge is 0.314 e. The first-order valence-electron chi connectivity index (χ1n) is 5.03. The van der Waals surface area contributed by atoms with Gasteiger partial charge >= 0.3 is 0 Å². The van der Waals surface area contributed by atoms with Gasteiger partial charge in [0, 0.05) is 11.0 Å². The van der Waals surface area contributed by atoms with Crippen LogP contribution in [0.4, 0.5) is 0 Å². The fourth-order valence-electron chi connectivity index (χ4n) is 3.15. The lowest BCUT2D eigenvalue weighted by atomic mass is 9.37. The average molecular weight is 254 g/mol.